The van der Waals surface area contributed by atoms with Crippen molar-refractivity contribution in [1.29, 1.82) is 0 Å². The number of carbonyl (C=O) groups is 1. The molecule has 16 heavy (non-hydrogen) atoms. The van der Waals surface area contributed by atoms with E-state index in [1.807, 2.05) is 6.08 Å². The van der Waals surface area contributed by atoms with Gasteiger partial charge in [0.05, 0.1) is 0 Å². The van der Waals surface area contributed by atoms with E-state index in [2.05, 4.69) is 13.5 Å². The summed E-state index contributed by atoms with van der Waals surface area (Å²) in [6.45, 7) is 7.38. The molecule has 0 saturated heterocycles. The summed E-state index contributed by atoms with van der Waals surface area (Å²) in [6.07, 6.45) is 11.0. The van der Waals surface area contributed by atoms with Crippen LogP contribution in [0.1, 0.15) is 65.2 Å². The standard InChI is InChI=1S/C14H26O2/c1-4-6-8-10-12-14(16-13(3)15)11-9-7-5-2/h4,14H,1,5-12H2,2-3H3. The van der Waals surface area contributed by atoms with Crippen molar-refractivity contribution in [2.24, 2.45) is 0 Å². The van der Waals surface area contributed by atoms with E-state index in [9.17, 15) is 4.79 Å². The first-order valence-electron chi connectivity index (χ1n) is 6.48. The number of unbranched alkanes of at least 4 members (excludes halogenated alkanes) is 4. The van der Waals surface area contributed by atoms with Crippen LogP contribution in [0.25, 0.3) is 0 Å². The van der Waals surface area contributed by atoms with Crippen LogP contribution in [0.4, 0.5) is 0 Å². The van der Waals surface area contributed by atoms with Crippen molar-refractivity contribution in [1.82, 2.24) is 0 Å². The van der Waals surface area contributed by atoms with Crippen molar-refractivity contribution in [3.63, 3.8) is 0 Å². The fraction of sp³-hybridized carbons (Fsp3) is 0.786. The van der Waals surface area contributed by atoms with Crippen LogP contribution in [0.3, 0.4) is 0 Å². The Balaban J connectivity index is 3.71. The molecule has 0 rings (SSSR count). The summed E-state index contributed by atoms with van der Waals surface area (Å²) >= 11 is 0. The van der Waals surface area contributed by atoms with Gasteiger partial charge in [-0.05, 0) is 38.5 Å². The average molecular weight is 226 g/mol. The Bertz CT molecular complexity index is 187. The molecule has 0 aromatic carbocycles. The first-order chi connectivity index (χ1) is 7.70. The van der Waals surface area contributed by atoms with Gasteiger partial charge in [0, 0.05) is 6.92 Å². The Morgan fingerprint density at radius 2 is 1.88 bits per heavy atom. The molecule has 0 bridgehead atoms. The molecule has 0 aromatic heterocycles. The molecule has 0 amide bonds. The molecular weight excluding hydrogens is 200 g/mol. The fourth-order valence-corrected chi connectivity index (χ4v) is 1.78. The zero-order valence-corrected chi connectivity index (χ0v) is 10.8. The molecule has 0 aromatic rings. The van der Waals surface area contributed by atoms with Gasteiger partial charge in [0.15, 0.2) is 0 Å². The Morgan fingerprint density at radius 3 is 2.38 bits per heavy atom. The Hall–Kier alpha value is -0.790. The van der Waals surface area contributed by atoms with Gasteiger partial charge in [-0.1, -0.05) is 25.8 Å². The Morgan fingerprint density at radius 1 is 1.25 bits per heavy atom. The van der Waals surface area contributed by atoms with Gasteiger partial charge in [-0.25, -0.2) is 0 Å². The lowest BCUT2D eigenvalue weighted by molar-refractivity contribution is -0.147. The third kappa shape index (κ3) is 9.75. The summed E-state index contributed by atoms with van der Waals surface area (Å²) < 4.78 is 5.31. The van der Waals surface area contributed by atoms with E-state index in [0.717, 1.165) is 38.5 Å². The van der Waals surface area contributed by atoms with Gasteiger partial charge in [0.2, 0.25) is 0 Å². The highest BCUT2D eigenvalue weighted by molar-refractivity contribution is 5.66. The normalized spacial score (nSPS) is 12.1. The molecule has 0 fully saturated rings. The summed E-state index contributed by atoms with van der Waals surface area (Å²) in [5, 5.41) is 0. The highest BCUT2D eigenvalue weighted by atomic mass is 16.5. The minimum Gasteiger partial charge on any atom is -0.463 e. The van der Waals surface area contributed by atoms with Crippen LogP contribution in [-0.4, -0.2) is 12.1 Å². The summed E-state index contributed by atoms with van der Waals surface area (Å²) in [6, 6.07) is 0. The molecule has 0 heterocycles. The van der Waals surface area contributed by atoms with Crippen LogP contribution in [-0.2, 0) is 9.53 Å². The lowest BCUT2D eigenvalue weighted by atomic mass is 10.0. The number of hydrogen-bond donors (Lipinski definition) is 0. The van der Waals surface area contributed by atoms with E-state index in [0.29, 0.717) is 0 Å². The zero-order valence-electron chi connectivity index (χ0n) is 10.8. The highest BCUT2D eigenvalue weighted by Crippen LogP contribution is 2.14. The molecule has 0 radical (unpaired) electrons. The van der Waals surface area contributed by atoms with Crippen molar-refractivity contribution in [3.05, 3.63) is 12.7 Å². The maximum absolute atomic E-state index is 10.9. The summed E-state index contributed by atoms with van der Waals surface area (Å²) in [5.41, 5.74) is 0. The van der Waals surface area contributed by atoms with Crippen molar-refractivity contribution in [3.8, 4) is 0 Å². The highest BCUT2D eigenvalue weighted by Gasteiger charge is 2.10. The molecule has 94 valence electrons. The van der Waals surface area contributed by atoms with E-state index in [-0.39, 0.29) is 12.1 Å². The minimum atomic E-state index is -0.148. The lowest BCUT2D eigenvalue weighted by Gasteiger charge is -2.16. The van der Waals surface area contributed by atoms with Crippen molar-refractivity contribution in [2.75, 3.05) is 0 Å². The first-order valence-corrected chi connectivity index (χ1v) is 6.48. The molecule has 1 atom stereocenters. The van der Waals surface area contributed by atoms with Crippen molar-refractivity contribution < 1.29 is 9.53 Å². The second kappa shape index (κ2) is 10.7. The van der Waals surface area contributed by atoms with Crippen molar-refractivity contribution >= 4 is 5.97 Å². The monoisotopic (exact) mass is 226 g/mol. The van der Waals surface area contributed by atoms with Crippen LogP contribution in [0.2, 0.25) is 0 Å². The smallest absolute Gasteiger partial charge is 0.302 e. The van der Waals surface area contributed by atoms with Crippen LogP contribution >= 0.6 is 0 Å². The second-order valence-corrected chi connectivity index (χ2v) is 4.30. The van der Waals surface area contributed by atoms with Gasteiger partial charge in [-0.2, -0.15) is 0 Å². The predicted octanol–water partition coefficient (Wildman–Crippen LogP) is 4.24. The SMILES string of the molecule is C=CCCCCC(CCCCC)OC(C)=O. The fourth-order valence-electron chi connectivity index (χ4n) is 1.78. The van der Waals surface area contributed by atoms with E-state index < -0.39 is 0 Å². The first kappa shape index (κ1) is 15.2. The number of ether oxygens (including phenoxy) is 1. The molecular formula is C14H26O2. The molecule has 0 aliphatic heterocycles. The average Bonchev–Trinajstić information content (AvgIpc) is 2.23. The second-order valence-electron chi connectivity index (χ2n) is 4.30. The number of rotatable bonds is 10. The molecule has 0 N–H and O–H groups in total. The number of allylic oxidation sites excluding steroid dienone is 1. The molecule has 0 aliphatic carbocycles. The van der Waals surface area contributed by atoms with E-state index in [4.69, 9.17) is 4.74 Å². The minimum absolute atomic E-state index is 0.133. The molecule has 0 saturated carbocycles. The predicted molar refractivity (Wildman–Crippen MR) is 68.4 cm³/mol. The summed E-state index contributed by atoms with van der Waals surface area (Å²) in [4.78, 5) is 10.9. The Labute approximate surface area is 100 Å². The van der Waals surface area contributed by atoms with Gasteiger partial charge in [0.1, 0.15) is 6.10 Å². The van der Waals surface area contributed by atoms with Gasteiger partial charge in [0.25, 0.3) is 0 Å². The zero-order chi connectivity index (χ0) is 12.2. The Kier molecular flexibility index (Phi) is 10.2. The molecule has 2 nitrogen and oxygen atoms in total. The molecule has 0 aliphatic rings. The van der Waals surface area contributed by atoms with Crippen LogP contribution < -0.4 is 0 Å². The molecule has 0 spiro atoms. The van der Waals surface area contributed by atoms with Crippen LogP contribution in [0.5, 0.6) is 0 Å². The maximum atomic E-state index is 10.9. The molecule has 2 heteroatoms. The summed E-state index contributed by atoms with van der Waals surface area (Å²) in [7, 11) is 0. The maximum Gasteiger partial charge on any atom is 0.302 e. The summed E-state index contributed by atoms with van der Waals surface area (Å²) in [5.74, 6) is -0.148. The van der Waals surface area contributed by atoms with Crippen molar-refractivity contribution in [2.45, 2.75) is 71.3 Å². The molecule has 1 unspecified atom stereocenters. The van der Waals surface area contributed by atoms with Gasteiger partial charge in [-0.15, -0.1) is 6.58 Å². The number of carbonyl (C=O) groups excluding carboxylic acids is 1. The largest absolute Gasteiger partial charge is 0.463 e. The number of hydrogen-bond acceptors (Lipinski definition) is 2. The van der Waals surface area contributed by atoms with Gasteiger partial charge >= 0.3 is 5.97 Å². The van der Waals surface area contributed by atoms with Crippen LogP contribution in [0.15, 0.2) is 12.7 Å². The van der Waals surface area contributed by atoms with Crippen LogP contribution in [0, 0.1) is 0 Å². The third-order valence-corrected chi connectivity index (χ3v) is 2.65. The van der Waals surface area contributed by atoms with E-state index >= 15 is 0 Å². The van der Waals surface area contributed by atoms with E-state index in [1.165, 1.54) is 19.8 Å². The van der Waals surface area contributed by atoms with Gasteiger partial charge < -0.3 is 4.74 Å². The third-order valence-electron chi connectivity index (χ3n) is 2.65. The van der Waals surface area contributed by atoms with Gasteiger partial charge in [-0.3, -0.25) is 4.79 Å². The quantitative estimate of drug-likeness (QED) is 0.316. The lowest BCUT2D eigenvalue weighted by Crippen LogP contribution is -2.16. The topological polar surface area (TPSA) is 26.3 Å². The van der Waals surface area contributed by atoms with E-state index in [1.54, 1.807) is 0 Å². The number of esters is 1.